The number of likely N-dealkylation sites (tertiary alicyclic amines) is 2. The van der Waals surface area contributed by atoms with E-state index in [2.05, 4.69) is 15.6 Å². The fourth-order valence-electron chi connectivity index (χ4n) is 11.7. The molecule has 3 saturated heterocycles. The number of nitrogens with zero attached hydrogens (tertiary/aromatic N) is 5. The lowest BCUT2D eigenvalue weighted by Crippen LogP contribution is -2.60. The van der Waals surface area contributed by atoms with Gasteiger partial charge in [-0.25, -0.2) is 5.06 Å². The molecule has 1 aromatic carbocycles. The van der Waals surface area contributed by atoms with Crippen molar-refractivity contribution in [1.82, 2.24) is 40.3 Å². The van der Waals surface area contributed by atoms with Gasteiger partial charge in [-0.15, -0.1) is 11.8 Å². The van der Waals surface area contributed by atoms with Crippen LogP contribution in [0.1, 0.15) is 125 Å². The normalized spacial score (nSPS) is 20.4. The Morgan fingerprint density at radius 3 is 2.26 bits per heavy atom. The Kier molecular flexibility index (Phi) is 25.7. The summed E-state index contributed by atoms with van der Waals surface area (Å²) in [6, 6.07) is 3.34. The molecule has 7 amide bonds. The number of likely N-dealkylation sites (N-methyl/N-ethyl adjacent to an activating group) is 2. The Morgan fingerprint density at radius 2 is 1.62 bits per heavy atom. The van der Waals surface area contributed by atoms with Crippen LogP contribution >= 0.6 is 11.8 Å². The second-order valence-electron chi connectivity index (χ2n) is 22.9. The molecule has 6 N–H and O–H groups in total. The van der Waals surface area contributed by atoms with Crippen LogP contribution in [0.15, 0.2) is 30.5 Å². The number of aliphatic carboxylic acids is 1. The van der Waals surface area contributed by atoms with Gasteiger partial charge in [0, 0.05) is 76.6 Å². The first-order valence-corrected chi connectivity index (χ1v) is 30.0. The summed E-state index contributed by atoms with van der Waals surface area (Å²) in [5.41, 5.74) is 7.39. The zero-order chi connectivity index (χ0) is 59.0. The van der Waals surface area contributed by atoms with Crippen molar-refractivity contribution in [3.63, 3.8) is 0 Å². The molecule has 0 aliphatic carbocycles. The Balaban J connectivity index is 1.19. The van der Waals surface area contributed by atoms with Gasteiger partial charge >= 0.3 is 5.97 Å². The van der Waals surface area contributed by atoms with Gasteiger partial charge in [-0.05, 0) is 81.5 Å². The molecule has 22 heteroatoms. The maximum Gasteiger partial charge on any atom is 0.321 e. The van der Waals surface area contributed by atoms with E-state index in [0.29, 0.717) is 51.9 Å². The molecule has 4 heterocycles. The Hall–Kier alpha value is -5.13. The number of hydrogen-bond donors (Lipinski definition) is 5. The third-order valence-corrected chi connectivity index (χ3v) is 17.8. The second-order valence-corrected chi connectivity index (χ2v) is 24.1. The molecule has 448 valence electrons. The zero-order valence-corrected chi connectivity index (χ0v) is 50.1. The number of ether oxygens (including phenoxy) is 2. The number of fused-ring (bicyclic) bond motifs is 1. The molecule has 5 rings (SSSR count). The number of amides is 7. The van der Waals surface area contributed by atoms with Gasteiger partial charge in [0.2, 0.25) is 35.4 Å². The van der Waals surface area contributed by atoms with Gasteiger partial charge in [-0.3, -0.25) is 53.0 Å². The molecule has 80 heavy (non-hydrogen) atoms. The van der Waals surface area contributed by atoms with Gasteiger partial charge in [0.25, 0.3) is 5.91 Å². The summed E-state index contributed by atoms with van der Waals surface area (Å²) in [5, 5.41) is 16.9. The number of carbonyl (C=O) groups is 8. The van der Waals surface area contributed by atoms with Crippen molar-refractivity contribution in [3.05, 3.63) is 36.0 Å². The number of carboxylic acids is 1. The number of hydrogen-bond acceptors (Lipinski definition) is 14. The highest BCUT2D eigenvalue weighted by Gasteiger charge is 2.44. The monoisotopic (exact) mass is 1140 g/mol. The van der Waals surface area contributed by atoms with Gasteiger partial charge < -0.3 is 45.7 Å². The minimum atomic E-state index is -1.15. The second kappa shape index (κ2) is 31.3. The molecule has 0 radical (unpaired) electrons. The summed E-state index contributed by atoms with van der Waals surface area (Å²) >= 11 is 1.10. The van der Waals surface area contributed by atoms with Gasteiger partial charge in [0.05, 0.1) is 54.5 Å². The first-order valence-electron chi connectivity index (χ1n) is 28.9. The van der Waals surface area contributed by atoms with E-state index in [-0.39, 0.29) is 90.7 Å². The van der Waals surface area contributed by atoms with Crippen LogP contribution in [0.4, 0.5) is 0 Å². The van der Waals surface area contributed by atoms with Crippen molar-refractivity contribution in [2.75, 3.05) is 66.9 Å². The third-order valence-electron chi connectivity index (χ3n) is 16.5. The van der Waals surface area contributed by atoms with E-state index in [1.54, 1.807) is 30.9 Å². The number of aromatic amines is 1. The van der Waals surface area contributed by atoms with E-state index in [1.165, 1.54) is 17.1 Å². The van der Waals surface area contributed by atoms with E-state index in [9.17, 15) is 38.4 Å². The average molecular weight is 1140 g/mol. The number of carboxylic acid groups (broad SMARTS) is 1. The summed E-state index contributed by atoms with van der Waals surface area (Å²) in [6.07, 6.45) is 7.17. The third kappa shape index (κ3) is 17.0. The molecular weight excluding hydrogens is 1050 g/mol. The Bertz CT molecular complexity index is 2400. The number of aromatic nitrogens is 1. The molecule has 0 bridgehead atoms. The van der Waals surface area contributed by atoms with Crippen LogP contribution in [0.2, 0.25) is 0 Å². The van der Waals surface area contributed by atoms with E-state index in [4.69, 9.17) is 25.2 Å². The number of unbranched alkanes of at least 4 members (excludes halogenated alkanes) is 3. The lowest BCUT2D eigenvalue weighted by atomic mass is 9.89. The number of thioether (sulfide) groups is 1. The van der Waals surface area contributed by atoms with Crippen LogP contribution in [0.25, 0.3) is 10.9 Å². The van der Waals surface area contributed by atoms with Gasteiger partial charge in [-0.2, -0.15) is 0 Å². The lowest BCUT2D eigenvalue weighted by Gasteiger charge is -2.41. The number of imide groups is 1. The van der Waals surface area contributed by atoms with E-state index < -0.39 is 65.6 Å². The number of nitrogens with one attached hydrogen (secondary N) is 3. The van der Waals surface area contributed by atoms with Crippen molar-refractivity contribution >= 4 is 70.0 Å². The van der Waals surface area contributed by atoms with Crippen molar-refractivity contribution in [2.24, 2.45) is 29.4 Å². The minimum Gasteiger partial charge on any atom is -0.480 e. The maximum atomic E-state index is 14.8. The fourth-order valence-corrected chi connectivity index (χ4v) is 12.8. The van der Waals surface area contributed by atoms with Gasteiger partial charge in [0.1, 0.15) is 18.1 Å². The summed E-state index contributed by atoms with van der Waals surface area (Å²) in [6.45, 7) is 15.7. The van der Waals surface area contributed by atoms with Crippen LogP contribution in [-0.4, -0.2) is 203 Å². The summed E-state index contributed by atoms with van der Waals surface area (Å²) < 4.78 is 12.2. The van der Waals surface area contributed by atoms with E-state index in [0.717, 1.165) is 60.3 Å². The molecule has 0 spiro atoms. The number of carbonyl (C=O) groups excluding carboxylic acids is 7. The molecule has 1 aromatic heterocycles. The highest BCUT2D eigenvalue weighted by molar-refractivity contribution is 8.00. The molecule has 21 nitrogen and oxygen atoms in total. The molecule has 0 saturated carbocycles. The predicted octanol–water partition coefficient (Wildman–Crippen LogP) is 4.60. The van der Waals surface area contributed by atoms with E-state index in [1.807, 2.05) is 84.0 Å². The largest absolute Gasteiger partial charge is 0.480 e. The zero-order valence-electron chi connectivity index (χ0n) is 49.3. The summed E-state index contributed by atoms with van der Waals surface area (Å²) in [4.78, 5) is 124. The summed E-state index contributed by atoms with van der Waals surface area (Å²) in [5.74, 6) is -4.41. The van der Waals surface area contributed by atoms with Crippen LogP contribution in [0, 0.1) is 23.7 Å². The quantitative estimate of drug-likeness (QED) is 0.0495. The number of methoxy groups -OCH3 is 2. The fraction of sp³-hybridized carbons (Fsp3) is 0.724. The van der Waals surface area contributed by atoms with Gasteiger partial charge in [0.15, 0.2) is 0 Å². The summed E-state index contributed by atoms with van der Waals surface area (Å²) in [7, 11) is 6.68. The highest BCUT2D eigenvalue weighted by Crippen LogP contribution is 2.31. The van der Waals surface area contributed by atoms with Crippen molar-refractivity contribution < 1.29 is 57.8 Å². The number of hydroxylamine groups is 2. The lowest BCUT2D eigenvalue weighted by molar-refractivity contribution is -0.199. The number of benzene rings is 1. The number of H-pyrrole nitrogens is 1. The topological polar surface area (TPSA) is 267 Å². The number of rotatable bonds is 32. The molecule has 11 atom stereocenters. The van der Waals surface area contributed by atoms with Crippen LogP contribution < -0.4 is 16.4 Å². The SMILES string of the molecule is CCC(C)C(C(CC(=O)N1CCC[C@H]1C(OC)C(C)C(=O)NC(Cc1c[nH]c2ccccc12)C(=O)N1CCCCO1)OC)N(C)C(=O)C(NC(=O)C(C(C)C)N(C)CCCCCCN1C(=O)CC(SCC(N)C(=O)O)C1=O)C(C)C. The molecule has 3 aliphatic rings. The smallest absolute Gasteiger partial charge is 0.321 e. The molecule has 2 aromatic rings. The minimum absolute atomic E-state index is 0.0329. The molecule has 3 aliphatic heterocycles. The number of nitrogens with two attached hydrogens (primary N) is 1. The molecule has 3 fully saturated rings. The average Bonchev–Trinajstić information content (AvgIpc) is 4.21. The van der Waals surface area contributed by atoms with Crippen LogP contribution in [-0.2, 0) is 59.1 Å². The first kappa shape index (κ1) is 65.7. The van der Waals surface area contributed by atoms with Crippen molar-refractivity contribution in [2.45, 2.75) is 179 Å². The molecule has 10 unspecified atom stereocenters. The van der Waals surface area contributed by atoms with Crippen LogP contribution in [0.3, 0.4) is 0 Å². The van der Waals surface area contributed by atoms with Crippen LogP contribution in [0.5, 0.6) is 0 Å². The van der Waals surface area contributed by atoms with E-state index >= 15 is 0 Å². The first-order chi connectivity index (χ1) is 38.1. The van der Waals surface area contributed by atoms with Gasteiger partial charge in [-0.1, -0.05) is 85.9 Å². The highest BCUT2D eigenvalue weighted by atomic mass is 32.2. The van der Waals surface area contributed by atoms with Crippen molar-refractivity contribution in [1.29, 1.82) is 0 Å². The maximum absolute atomic E-state index is 14.8. The Morgan fingerprint density at radius 1 is 0.912 bits per heavy atom. The molecular formula is C58H93N9O12S. The standard InChI is InChI=1S/C58H93N9O12S/c1-12-37(6)51(64(9)57(74)49(35(2)3)62-54(71)50(36(4)5)63(8)25-17-13-14-18-26-66-48(69)32-46(56(66)73)80-34-41(59)58(75)76)45(77-10)31-47(68)65-27-21-24-44(65)52(78-11)38(7)53(70)61-43(55(72)67-28-19-20-29-79-67)30-39-33-60-42-23-16-15-22-40(39)42/h15-16,22-23,33,35-38,41,43-46,49-52,60H,12-14,17-21,24-32,34,59H2,1-11H3,(H,61,70)(H,62,71)(H,75,76)/t37?,38?,41?,43?,44-,45?,46?,49?,50?,51?,52?/m0/s1. The predicted molar refractivity (Wildman–Crippen MR) is 307 cm³/mol. The van der Waals surface area contributed by atoms with Crippen molar-refractivity contribution in [3.8, 4) is 0 Å². The number of para-hydroxylation sites is 1. The Labute approximate surface area is 477 Å².